The van der Waals surface area contributed by atoms with E-state index in [2.05, 4.69) is 16.8 Å². The molecule has 1 aromatic heterocycles. The van der Waals surface area contributed by atoms with Crippen LogP contribution < -0.4 is 15.4 Å². The second kappa shape index (κ2) is 4.29. The molecule has 0 saturated carbocycles. The van der Waals surface area contributed by atoms with Crippen molar-refractivity contribution in [2.75, 3.05) is 24.6 Å². The first-order valence-corrected chi connectivity index (χ1v) is 5.80. The zero-order valence-electron chi connectivity index (χ0n) is 9.94. The second-order valence-electron chi connectivity index (χ2n) is 4.33. The molecule has 0 radical (unpaired) electrons. The lowest BCUT2D eigenvalue weighted by Gasteiger charge is -2.48. The number of nitrogens with zero attached hydrogens (tertiary/aromatic N) is 2. The minimum atomic E-state index is -0.0407. The van der Waals surface area contributed by atoms with E-state index in [-0.39, 0.29) is 5.54 Å². The van der Waals surface area contributed by atoms with Gasteiger partial charge in [0.2, 0.25) is 0 Å². The molecular formula is C12H19N3O. The summed E-state index contributed by atoms with van der Waals surface area (Å²) >= 11 is 0. The summed E-state index contributed by atoms with van der Waals surface area (Å²) in [6.45, 7) is 6.49. The average molecular weight is 221 g/mol. The fraction of sp³-hybridized carbons (Fsp3) is 0.583. The lowest BCUT2D eigenvalue weighted by atomic mass is 9.88. The van der Waals surface area contributed by atoms with Crippen LogP contribution in [0.5, 0.6) is 5.75 Å². The van der Waals surface area contributed by atoms with E-state index in [1.165, 1.54) is 0 Å². The quantitative estimate of drug-likeness (QED) is 0.835. The van der Waals surface area contributed by atoms with Crippen LogP contribution in [-0.2, 0) is 0 Å². The summed E-state index contributed by atoms with van der Waals surface area (Å²) in [5.74, 6) is 1.77. The van der Waals surface area contributed by atoms with E-state index in [0.29, 0.717) is 6.61 Å². The van der Waals surface area contributed by atoms with E-state index >= 15 is 0 Å². The van der Waals surface area contributed by atoms with Gasteiger partial charge in [-0.15, -0.1) is 0 Å². The zero-order chi connectivity index (χ0) is 11.6. The van der Waals surface area contributed by atoms with Crippen LogP contribution in [0.25, 0.3) is 0 Å². The molecule has 2 rings (SSSR count). The van der Waals surface area contributed by atoms with E-state index in [0.717, 1.165) is 31.1 Å². The first-order valence-electron chi connectivity index (χ1n) is 5.80. The number of anilines is 1. The Morgan fingerprint density at radius 3 is 2.88 bits per heavy atom. The van der Waals surface area contributed by atoms with Crippen molar-refractivity contribution in [3.05, 3.63) is 18.3 Å². The highest BCUT2D eigenvalue weighted by molar-refractivity contribution is 5.55. The molecule has 88 valence electrons. The van der Waals surface area contributed by atoms with E-state index in [4.69, 9.17) is 10.5 Å². The second-order valence-corrected chi connectivity index (χ2v) is 4.33. The Balaban J connectivity index is 2.11. The third kappa shape index (κ3) is 1.97. The predicted octanol–water partition coefficient (Wildman–Crippen LogP) is 1.41. The summed E-state index contributed by atoms with van der Waals surface area (Å²) in [6, 6.07) is 3.85. The number of hydrogen-bond acceptors (Lipinski definition) is 4. The summed E-state index contributed by atoms with van der Waals surface area (Å²) in [5.41, 5.74) is 6.10. The molecule has 16 heavy (non-hydrogen) atoms. The minimum absolute atomic E-state index is 0.0407. The normalized spacial score (nSPS) is 18.1. The van der Waals surface area contributed by atoms with Crippen molar-refractivity contribution in [3.63, 3.8) is 0 Å². The smallest absolute Gasteiger partial charge is 0.171 e. The molecule has 0 spiro atoms. The van der Waals surface area contributed by atoms with Crippen molar-refractivity contribution in [1.82, 2.24) is 4.98 Å². The molecule has 0 aliphatic carbocycles. The van der Waals surface area contributed by atoms with Crippen molar-refractivity contribution in [3.8, 4) is 5.75 Å². The number of aromatic nitrogens is 1. The zero-order valence-corrected chi connectivity index (χ0v) is 9.94. The fourth-order valence-corrected chi connectivity index (χ4v) is 1.98. The number of ether oxygens (including phenoxy) is 1. The van der Waals surface area contributed by atoms with Crippen LogP contribution in [0.4, 0.5) is 5.82 Å². The maximum Gasteiger partial charge on any atom is 0.171 e. The molecule has 1 fully saturated rings. The van der Waals surface area contributed by atoms with Crippen LogP contribution in [-0.4, -0.2) is 30.2 Å². The number of rotatable bonds is 4. The Morgan fingerprint density at radius 1 is 1.50 bits per heavy atom. The van der Waals surface area contributed by atoms with Crippen LogP contribution >= 0.6 is 0 Å². The summed E-state index contributed by atoms with van der Waals surface area (Å²) < 4.78 is 5.55. The third-order valence-electron chi connectivity index (χ3n) is 3.07. The number of pyridine rings is 1. The van der Waals surface area contributed by atoms with Crippen LogP contribution in [0.15, 0.2) is 18.3 Å². The van der Waals surface area contributed by atoms with Crippen molar-refractivity contribution in [2.45, 2.75) is 25.8 Å². The monoisotopic (exact) mass is 221 g/mol. The van der Waals surface area contributed by atoms with Crippen molar-refractivity contribution in [1.29, 1.82) is 0 Å². The molecule has 0 amide bonds. The predicted molar refractivity (Wildman–Crippen MR) is 64.8 cm³/mol. The van der Waals surface area contributed by atoms with Gasteiger partial charge in [-0.05, 0) is 25.5 Å². The van der Waals surface area contributed by atoms with Crippen molar-refractivity contribution in [2.24, 2.45) is 5.73 Å². The maximum absolute atomic E-state index is 6.14. The van der Waals surface area contributed by atoms with Gasteiger partial charge in [-0.1, -0.05) is 6.92 Å². The van der Waals surface area contributed by atoms with Crippen LogP contribution in [0.3, 0.4) is 0 Å². The van der Waals surface area contributed by atoms with Gasteiger partial charge in [0, 0.05) is 19.3 Å². The standard InChI is InChI=1S/C12H19N3O/c1-3-12(13)8-15(9-12)11-10(16-4-2)6-5-7-14-11/h5-7H,3-4,8-9,13H2,1-2H3. The molecule has 1 saturated heterocycles. The minimum Gasteiger partial charge on any atom is -0.490 e. The number of nitrogens with two attached hydrogens (primary N) is 1. The number of hydrogen-bond donors (Lipinski definition) is 1. The molecule has 2 N–H and O–H groups in total. The van der Waals surface area contributed by atoms with Crippen molar-refractivity contribution < 1.29 is 4.74 Å². The highest BCUT2D eigenvalue weighted by atomic mass is 16.5. The Labute approximate surface area is 96.4 Å². The maximum atomic E-state index is 6.14. The van der Waals surface area contributed by atoms with E-state index < -0.39 is 0 Å². The molecule has 4 nitrogen and oxygen atoms in total. The van der Waals surface area contributed by atoms with Crippen LogP contribution in [0, 0.1) is 0 Å². The lowest BCUT2D eigenvalue weighted by molar-refractivity contribution is 0.305. The van der Waals surface area contributed by atoms with Gasteiger partial charge in [0.1, 0.15) is 0 Å². The molecule has 0 atom stereocenters. The molecule has 4 heteroatoms. The van der Waals surface area contributed by atoms with Gasteiger partial charge in [-0.2, -0.15) is 0 Å². The highest BCUT2D eigenvalue weighted by Crippen LogP contribution is 2.32. The SMILES string of the molecule is CCOc1cccnc1N1CC(N)(CC)C1. The first kappa shape index (κ1) is 11.2. The van der Waals surface area contributed by atoms with Gasteiger partial charge in [0.25, 0.3) is 0 Å². The Kier molecular flexibility index (Phi) is 3.01. The Bertz CT molecular complexity index is 361. The van der Waals surface area contributed by atoms with Gasteiger partial charge in [-0.25, -0.2) is 4.98 Å². The van der Waals surface area contributed by atoms with Gasteiger partial charge >= 0.3 is 0 Å². The largest absolute Gasteiger partial charge is 0.490 e. The van der Waals surface area contributed by atoms with Gasteiger partial charge in [0.15, 0.2) is 11.6 Å². The molecule has 1 aromatic rings. The fourth-order valence-electron chi connectivity index (χ4n) is 1.98. The van der Waals surface area contributed by atoms with Crippen LogP contribution in [0.2, 0.25) is 0 Å². The highest BCUT2D eigenvalue weighted by Gasteiger charge is 2.39. The summed E-state index contributed by atoms with van der Waals surface area (Å²) in [6.07, 6.45) is 2.79. The Hall–Kier alpha value is -1.29. The topological polar surface area (TPSA) is 51.4 Å². The molecule has 0 aromatic carbocycles. The average Bonchev–Trinajstić information content (AvgIpc) is 2.26. The van der Waals surface area contributed by atoms with E-state index in [1.54, 1.807) is 6.20 Å². The van der Waals surface area contributed by atoms with Gasteiger partial charge in [0.05, 0.1) is 12.1 Å². The van der Waals surface area contributed by atoms with E-state index in [1.807, 2.05) is 19.1 Å². The van der Waals surface area contributed by atoms with Crippen molar-refractivity contribution >= 4 is 5.82 Å². The molecule has 0 unspecified atom stereocenters. The molecule has 1 aliphatic heterocycles. The van der Waals surface area contributed by atoms with E-state index in [9.17, 15) is 0 Å². The Morgan fingerprint density at radius 2 is 2.25 bits per heavy atom. The summed E-state index contributed by atoms with van der Waals surface area (Å²) in [4.78, 5) is 6.54. The van der Waals surface area contributed by atoms with Crippen LogP contribution in [0.1, 0.15) is 20.3 Å². The third-order valence-corrected chi connectivity index (χ3v) is 3.07. The summed E-state index contributed by atoms with van der Waals surface area (Å²) in [5, 5.41) is 0. The lowest BCUT2D eigenvalue weighted by Crippen LogP contribution is -2.67. The van der Waals surface area contributed by atoms with Gasteiger partial charge in [-0.3, -0.25) is 0 Å². The summed E-state index contributed by atoms with van der Waals surface area (Å²) in [7, 11) is 0. The molecule has 0 bridgehead atoms. The molecule has 1 aliphatic rings. The molecular weight excluding hydrogens is 202 g/mol. The van der Waals surface area contributed by atoms with Gasteiger partial charge < -0.3 is 15.4 Å². The first-order chi connectivity index (χ1) is 7.68. The molecule has 2 heterocycles.